The summed E-state index contributed by atoms with van der Waals surface area (Å²) >= 11 is 0. The van der Waals surface area contributed by atoms with Crippen molar-refractivity contribution in [3.63, 3.8) is 0 Å². The number of carboxylic acid groups (broad SMARTS) is 1. The zero-order chi connectivity index (χ0) is 15.2. The molecule has 0 spiro atoms. The van der Waals surface area contributed by atoms with Crippen LogP contribution in [0.15, 0.2) is 12.1 Å². The molecule has 6 nitrogen and oxygen atoms in total. The molecule has 1 aliphatic rings. The molecule has 1 heterocycles. The summed E-state index contributed by atoms with van der Waals surface area (Å²) in [7, 11) is 0. The SMILES string of the molecule is CC(O)(CN1C(=O)C(=O)c2c(F)ccc(F)c21)C(=O)O. The Labute approximate surface area is 111 Å². The Bertz CT molecular complexity index is 641. The summed E-state index contributed by atoms with van der Waals surface area (Å²) in [4.78, 5) is 34.6. The molecule has 1 atom stereocenters. The van der Waals surface area contributed by atoms with E-state index in [9.17, 15) is 28.3 Å². The van der Waals surface area contributed by atoms with Gasteiger partial charge in [0, 0.05) is 0 Å². The monoisotopic (exact) mass is 285 g/mol. The molecule has 0 radical (unpaired) electrons. The number of carbonyl (C=O) groups is 3. The molecule has 1 amide bonds. The van der Waals surface area contributed by atoms with Crippen molar-refractivity contribution >= 4 is 23.3 Å². The molecule has 2 N–H and O–H groups in total. The van der Waals surface area contributed by atoms with Gasteiger partial charge in [-0.05, 0) is 19.1 Å². The lowest BCUT2D eigenvalue weighted by Gasteiger charge is -2.25. The molecule has 1 aliphatic heterocycles. The molecule has 0 bridgehead atoms. The first-order valence-electron chi connectivity index (χ1n) is 5.47. The van der Waals surface area contributed by atoms with Crippen LogP contribution in [0.4, 0.5) is 14.5 Å². The van der Waals surface area contributed by atoms with E-state index in [1.807, 2.05) is 0 Å². The molecule has 8 heteroatoms. The van der Waals surface area contributed by atoms with Gasteiger partial charge in [-0.3, -0.25) is 14.5 Å². The van der Waals surface area contributed by atoms with E-state index < -0.39 is 52.7 Å². The third-order valence-corrected chi connectivity index (χ3v) is 2.94. The minimum Gasteiger partial charge on any atom is -0.479 e. The minimum absolute atomic E-state index is 0.435. The van der Waals surface area contributed by atoms with Crippen LogP contribution in [-0.2, 0) is 9.59 Å². The highest BCUT2D eigenvalue weighted by Crippen LogP contribution is 2.34. The standard InChI is InChI=1S/C12H9F2NO5/c1-12(20,11(18)19)4-15-8-6(14)3-2-5(13)7(8)9(16)10(15)17/h2-3,20H,4H2,1H3,(H,18,19). The Morgan fingerprint density at radius 3 is 2.40 bits per heavy atom. The molecular formula is C12H9F2NO5. The molecule has 20 heavy (non-hydrogen) atoms. The van der Waals surface area contributed by atoms with Crippen LogP contribution in [0.3, 0.4) is 0 Å². The first-order chi connectivity index (χ1) is 9.16. The van der Waals surface area contributed by atoms with Crippen LogP contribution in [-0.4, -0.2) is 40.0 Å². The van der Waals surface area contributed by atoms with Gasteiger partial charge in [0.05, 0.1) is 17.8 Å². The van der Waals surface area contributed by atoms with Gasteiger partial charge in [0.2, 0.25) is 0 Å². The lowest BCUT2D eigenvalue weighted by molar-refractivity contribution is -0.155. The Hall–Kier alpha value is -2.35. The van der Waals surface area contributed by atoms with Crippen molar-refractivity contribution in [1.82, 2.24) is 0 Å². The highest BCUT2D eigenvalue weighted by molar-refractivity contribution is 6.52. The molecule has 106 valence electrons. The number of benzene rings is 1. The van der Waals surface area contributed by atoms with Gasteiger partial charge in [0.15, 0.2) is 5.60 Å². The second-order valence-electron chi connectivity index (χ2n) is 4.55. The predicted molar refractivity (Wildman–Crippen MR) is 61.3 cm³/mol. The van der Waals surface area contributed by atoms with Gasteiger partial charge in [-0.1, -0.05) is 0 Å². The van der Waals surface area contributed by atoms with Crippen molar-refractivity contribution in [2.24, 2.45) is 0 Å². The van der Waals surface area contributed by atoms with Crippen LogP contribution in [0.1, 0.15) is 17.3 Å². The summed E-state index contributed by atoms with van der Waals surface area (Å²) in [5, 5.41) is 18.4. The van der Waals surface area contributed by atoms with Gasteiger partial charge in [-0.15, -0.1) is 0 Å². The summed E-state index contributed by atoms with van der Waals surface area (Å²) in [6.45, 7) is 0.00254. The second kappa shape index (κ2) is 4.34. The number of anilines is 1. The molecule has 1 aromatic rings. The summed E-state index contributed by atoms with van der Waals surface area (Å²) in [6.07, 6.45) is 0. The highest BCUT2D eigenvalue weighted by atomic mass is 19.1. The number of aliphatic hydroxyl groups is 1. The molecule has 1 aromatic carbocycles. The molecule has 0 saturated carbocycles. The van der Waals surface area contributed by atoms with Gasteiger partial charge in [-0.25, -0.2) is 13.6 Å². The van der Waals surface area contributed by atoms with E-state index in [2.05, 4.69) is 0 Å². The lowest BCUT2D eigenvalue weighted by Crippen LogP contribution is -2.48. The second-order valence-corrected chi connectivity index (χ2v) is 4.55. The number of hydrogen-bond donors (Lipinski definition) is 2. The van der Waals surface area contributed by atoms with E-state index in [0.717, 1.165) is 6.92 Å². The van der Waals surface area contributed by atoms with Crippen molar-refractivity contribution in [1.29, 1.82) is 0 Å². The van der Waals surface area contributed by atoms with E-state index in [0.29, 0.717) is 17.0 Å². The fourth-order valence-corrected chi connectivity index (χ4v) is 1.88. The summed E-state index contributed by atoms with van der Waals surface area (Å²) in [5.41, 5.74) is -3.81. The number of rotatable bonds is 3. The normalized spacial score (nSPS) is 17.1. The third-order valence-electron chi connectivity index (χ3n) is 2.94. The number of halogens is 2. The Balaban J connectivity index is 2.54. The van der Waals surface area contributed by atoms with Crippen molar-refractivity contribution in [2.75, 3.05) is 11.4 Å². The molecule has 0 saturated heterocycles. The zero-order valence-corrected chi connectivity index (χ0v) is 10.2. The fourth-order valence-electron chi connectivity index (χ4n) is 1.88. The smallest absolute Gasteiger partial charge is 0.337 e. The Kier molecular flexibility index (Phi) is 3.05. The summed E-state index contributed by atoms with van der Waals surface area (Å²) < 4.78 is 27.2. The number of β-amino-alcohol motifs (C(OH)–C–C–N with tert-alkyl or cyclic N) is 1. The Morgan fingerprint density at radius 2 is 1.85 bits per heavy atom. The van der Waals surface area contributed by atoms with Gasteiger partial charge < -0.3 is 10.2 Å². The van der Waals surface area contributed by atoms with Crippen LogP contribution in [0.25, 0.3) is 0 Å². The largest absolute Gasteiger partial charge is 0.479 e. The maximum absolute atomic E-state index is 13.7. The van der Waals surface area contributed by atoms with Gasteiger partial charge in [-0.2, -0.15) is 0 Å². The first kappa shape index (κ1) is 14.1. The first-order valence-corrected chi connectivity index (χ1v) is 5.47. The molecule has 2 rings (SSSR count). The fraction of sp³-hybridized carbons (Fsp3) is 0.250. The minimum atomic E-state index is -2.41. The van der Waals surface area contributed by atoms with Crippen LogP contribution in [0.5, 0.6) is 0 Å². The van der Waals surface area contributed by atoms with E-state index in [-0.39, 0.29) is 0 Å². The number of carbonyl (C=O) groups excluding carboxylic acids is 2. The molecular weight excluding hydrogens is 276 g/mol. The van der Waals surface area contributed by atoms with Crippen molar-refractivity contribution in [3.05, 3.63) is 29.3 Å². The van der Waals surface area contributed by atoms with E-state index >= 15 is 0 Å². The number of ketones is 1. The number of carboxylic acids is 1. The van der Waals surface area contributed by atoms with Crippen LogP contribution in [0, 0.1) is 11.6 Å². The van der Waals surface area contributed by atoms with Crippen LogP contribution < -0.4 is 4.90 Å². The molecule has 0 aromatic heterocycles. The number of fused-ring (bicyclic) bond motifs is 1. The highest BCUT2D eigenvalue weighted by Gasteiger charge is 2.45. The van der Waals surface area contributed by atoms with Crippen molar-refractivity contribution in [3.8, 4) is 0 Å². The average Bonchev–Trinajstić information content (AvgIpc) is 2.59. The number of aliphatic carboxylic acids is 1. The maximum atomic E-state index is 13.7. The topological polar surface area (TPSA) is 94.9 Å². The number of hydrogen-bond acceptors (Lipinski definition) is 4. The van der Waals surface area contributed by atoms with Crippen molar-refractivity contribution in [2.45, 2.75) is 12.5 Å². The van der Waals surface area contributed by atoms with Crippen LogP contribution in [0.2, 0.25) is 0 Å². The predicted octanol–water partition coefficient (Wildman–Crippen LogP) is 0.330. The molecule has 0 aliphatic carbocycles. The molecule has 1 unspecified atom stereocenters. The number of Topliss-reactive ketones (excluding diaryl/α,β-unsaturated/α-hetero) is 1. The van der Waals surface area contributed by atoms with Crippen LogP contribution >= 0.6 is 0 Å². The summed E-state index contributed by atoms with van der Waals surface area (Å²) in [6, 6.07) is 1.40. The van der Waals surface area contributed by atoms with E-state index in [1.165, 1.54) is 0 Å². The van der Waals surface area contributed by atoms with Crippen molar-refractivity contribution < 1.29 is 33.4 Å². The Morgan fingerprint density at radius 1 is 1.30 bits per heavy atom. The van der Waals surface area contributed by atoms with Gasteiger partial charge >= 0.3 is 5.97 Å². The van der Waals surface area contributed by atoms with Gasteiger partial charge in [0.25, 0.3) is 11.7 Å². The van der Waals surface area contributed by atoms with E-state index in [4.69, 9.17) is 5.11 Å². The third kappa shape index (κ3) is 1.94. The maximum Gasteiger partial charge on any atom is 0.337 e. The number of nitrogens with zero attached hydrogens (tertiary/aromatic N) is 1. The van der Waals surface area contributed by atoms with E-state index in [1.54, 1.807) is 0 Å². The lowest BCUT2D eigenvalue weighted by atomic mass is 10.1. The zero-order valence-electron chi connectivity index (χ0n) is 10.2. The summed E-state index contributed by atoms with van der Waals surface area (Å²) in [5.74, 6) is -6.37. The quantitative estimate of drug-likeness (QED) is 0.780. The number of amides is 1. The van der Waals surface area contributed by atoms with Gasteiger partial charge in [0.1, 0.15) is 11.6 Å². The molecule has 0 fully saturated rings. The average molecular weight is 285 g/mol.